The molecule has 164 valence electrons. The van der Waals surface area contributed by atoms with E-state index in [0.717, 1.165) is 56.9 Å². The molecule has 1 fully saturated rings. The van der Waals surface area contributed by atoms with Gasteiger partial charge in [0.2, 0.25) is 0 Å². The fourth-order valence-corrected chi connectivity index (χ4v) is 4.74. The highest BCUT2D eigenvalue weighted by atomic mass is 32.2. The second-order valence-electron chi connectivity index (χ2n) is 8.13. The van der Waals surface area contributed by atoms with Gasteiger partial charge in [-0.1, -0.05) is 101 Å². The maximum absolute atomic E-state index is 12.7. The number of aliphatic carboxylic acids is 1. The van der Waals surface area contributed by atoms with Crippen LogP contribution in [0, 0.1) is 0 Å². The van der Waals surface area contributed by atoms with Crippen LogP contribution in [0.4, 0.5) is 0 Å². The summed E-state index contributed by atoms with van der Waals surface area (Å²) in [5.41, 5.74) is 2.32. The van der Waals surface area contributed by atoms with E-state index in [1.165, 1.54) is 17.3 Å². The molecule has 0 aliphatic carbocycles. The lowest BCUT2D eigenvalue weighted by Crippen LogP contribution is -2.29. The molecule has 6 heteroatoms. The lowest BCUT2D eigenvalue weighted by molar-refractivity contribution is -0.137. The van der Waals surface area contributed by atoms with Crippen molar-refractivity contribution in [2.24, 2.45) is 0 Å². The van der Waals surface area contributed by atoms with Crippen molar-refractivity contribution in [3.05, 3.63) is 40.3 Å². The number of thioether (sulfide) groups is 1. The number of carboxylic acids is 1. The zero-order valence-electron chi connectivity index (χ0n) is 18.1. The van der Waals surface area contributed by atoms with Gasteiger partial charge in [-0.25, -0.2) is 0 Å². The Bertz CT molecular complexity index is 756. The van der Waals surface area contributed by atoms with Crippen LogP contribution >= 0.6 is 24.0 Å². The zero-order chi connectivity index (χ0) is 21.9. The first-order valence-electron chi connectivity index (χ1n) is 11.0. The van der Waals surface area contributed by atoms with Crippen LogP contribution < -0.4 is 0 Å². The second-order valence-corrected chi connectivity index (χ2v) is 9.80. The third-order valence-corrected chi connectivity index (χ3v) is 6.67. The van der Waals surface area contributed by atoms with Crippen LogP contribution in [0.3, 0.4) is 0 Å². The van der Waals surface area contributed by atoms with Gasteiger partial charge in [0.25, 0.3) is 5.91 Å². The number of carbonyl (C=O) groups is 2. The summed E-state index contributed by atoms with van der Waals surface area (Å²) in [6, 6.07) is 8.35. The molecule has 1 amide bonds. The summed E-state index contributed by atoms with van der Waals surface area (Å²) in [5, 5.41) is 8.62. The number of rotatable bonds is 13. The standard InChI is InChI=1S/C24H33NO3S2/c1-18(2)20-14-12-19(13-15-20)17-21-23(28)25(24(29)30-21)16-10-8-6-4-3-5-7-9-11-22(26)27/h12-15,17-18H,3-11,16H2,1-2H3,(H,26,27). The van der Waals surface area contributed by atoms with Crippen molar-refractivity contribution in [1.82, 2.24) is 4.90 Å². The van der Waals surface area contributed by atoms with E-state index < -0.39 is 5.97 Å². The molecule has 0 aromatic heterocycles. The van der Waals surface area contributed by atoms with Gasteiger partial charge in [0, 0.05) is 13.0 Å². The minimum absolute atomic E-state index is 0.0244. The first-order chi connectivity index (χ1) is 14.4. The Morgan fingerprint density at radius 1 is 1.03 bits per heavy atom. The van der Waals surface area contributed by atoms with Crippen LogP contribution in [0.5, 0.6) is 0 Å². The van der Waals surface area contributed by atoms with E-state index in [2.05, 4.69) is 38.1 Å². The lowest BCUT2D eigenvalue weighted by Gasteiger charge is -2.14. The van der Waals surface area contributed by atoms with Crippen molar-refractivity contribution >= 4 is 46.3 Å². The molecule has 1 aromatic rings. The van der Waals surface area contributed by atoms with Crippen molar-refractivity contribution in [2.45, 2.75) is 77.6 Å². The summed E-state index contributed by atoms with van der Waals surface area (Å²) in [7, 11) is 0. The average molecular weight is 448 g/mol. The lowest BCUT2D eigenvalue weighted by atomic mass is 10.0. The number of hydrogen-bond donors (Lipinski definition) is 1. The Labute approximate surface area is 190 Å². The molecule has 0 bridgehead atoms. The molecule has 1 aromatic carbocycles. The zero-order valence-corrected chi connectivity index (χ0v) is 19.7. The fraction of sp³-hybridized carbons (Fsp3) is 0.542. The molecule has 0 atom stereocenters. The number of hydrogen-bond acceptors (Lipinski definition) is 4. The van der Waals surface area contributed by atoms with Crippen molar-refractivity contribution in [1.29, 1.82) is 0 Å². The van der Waals surface area contributed by atoms with Gasteiger partial charge in [0.1, 0.15) is 4.32 Å². The Morgan fingerprint density at radius 2 is 1.60 bits per heavy atom. The number of amides is 1. The highest BCUT2D eigenvalue weighted by Crippen LogP contribution is 2.33. The van der Waals surface area contributed by atoms with Crippen LogP contribution in [0.2, 0.25) is 0 Å². The first kappa shape index (κ1) is 24.6. The van der Waals surface area contributed by atoms with Crippen molar-refractivity contribution < 1.29 is 14.7 Å². The summed E-state index contributed by atoms with van der Waals surface area (Å²) < 4.78 is 0.656. The van der Waals surface area contributed by atoms with Gasteiger partial charge < -0.3 is 5.11 Å². The van der Waals surface area contributed by atoms with Gasteiger partial charge in [0.05, 0.1) is 4.91 Å². The molecular weight excluding hydrogens is 414 g/mol. The Balaban J connectivity index is 1.68. The highest BCUT2D eigenvalue weighted by Gasteiger charge is 2.31. The van der Waals surface area contributed by atoms with Crippen LogP contribution in [-0.2, 0) is 9.59 Å². The van der Waals surface area contributed by atoms with Gasteiger partial charge in [-0.15, -0.1) is 0 Å². The molecule has 30 heavy (non-hydrogen) atoms. The molecule has 1 heterocycles. The molecule has 1 aliphatic heterocycles. The van der Waals surface area contributed by atoms with E-state index in [1.54, 1.807) is 4.90 Å². The third kappa shape index (κ3) is 8.23. The van der Waals surface area contributed by atoms with E-state index in [1.807, 2.05) is 6.08 Å². The number of nitrogens with zero attached hydrogens (tertiary/aromatic N) is 1. The van der Waals surface area contributed by atoms with Gasteiger partial charge >= 0.3 is 5.97 Å². The topological polar surface area (TPSA) is 57.6 Å². The van der Waals surface area contributed by atoms with Crippen molar-refractivity contribution in [2.75, 3.05) is 6.54 Å². The third-order valence-electron chi connectivity index (χ3n) is 5.30. The summed E-state index contributed by atoms with van der Waals surface area (Å²) >= 11 is 6.83. The molecular formula is C24H33NO3S2. The minimum atomic E-state index is -0.704. The summed E-state index contributed by atoms with van der Waals surface area (Å²) in [6.45, 7) is 5.03. The largest absolute Gasteiger partial charge is 0.481 e. The van der Waals surface area contributed by atoms with E-state index in [9.17, 15) is 9.59 Å². The highest BCUT2D eigenvalue weighted by molar-refractivity contribution is 8.26. The molecule has 1 saturated heterocycles. The van der Waals surface area contributed by atoms with Crippen LogP contribution in [0.1, 0.15) is 88.7 Å². The predicted octanol–water partition coefficient (Wildman–Crippen LogP) is 6.61. The fourth-order valence-electron chi connectivity index (χ4n) is 3.43. The normalized spacial score (nSPS) is 15.6. The van der Waals surface area contributed by atoms with Gasteiger partial charge in [0.15, 0.2) is 0 Å². The molecule has 0 spiro atoms. The Morgan fingerprint density at radius 3 is 2.17 bits per heavy atom. The van der Waals surface area contributed by atoms with E-state index in [0.29, 0.717) is 21.7 Å². The molecule has 1 aliphatic rings. The molecule has 1 N–H and O–H groups in total. The Kier molecular flexibility index (Phi) is 10.6. The number of carbonyl (C=O) groups excluding carboxylic acids is 1. The van der Waals surface area contributed by atoms with E-state index in [-0.39, 0.29) is 12.3 Å². The minimum Gasteiger partial charge on any atom is -0.481 e. The number of benzene rings is 1. The van der Waals surface area contributed by atoms with Gasteiger partial charge in [-0.2, -0.15) is 0 Å². The molecule has 0 unspecified atom stereocenters. The maximum Gasteiger partial charge on any atom is 0.303 e. The van der Waals surface area contributed by atoms with Crippen LogP contribution in [0.15, 0.2) is 29.2 Å². The van der Waals surface area contributed by atoms with E-state index >= 15 is 0 Å². The van der Waals surface area contributed by atoms with Crippen molar-refractivity contribution in [3.63, 3.8) is 0 Å². The number of unbranched alkanes of at least 4 members (excludes halogenated alkanes) is 7. The molecule has 0 radical (unpaired) electrons. The molecule has 4 nitrogen and oxygen atoms in total. The monoisotopic (exact) mass is 447 g/mol. The summed E-state index contributed by atoms with van der Waals surface area (Å²) in [5.74, 6) is -0.185. The predicted molar refractivity (Wildman–Crippen MR) is 130 cm³/mol. The number of carboxylic acid groups (broad SMARTS) is 1. The van der Waals surface area contributed by atoms with Crippen molar-refractivity contribution in [3.8, 4) is 0 Å². The summed E-state index contributed by atoms with van der Waals surface area (Å²) in [4.78, 5) is 25.6. The maximum atomic E-state index is 12.7. The SMILES string of the molecule is CC(C)c1ccc(C=C2SC(=S)N(CCCCCCCCCCC(=O)O)C2=O)cc1. The quantitative estimate of drug-likeness (QED) is 0.209. The van der Waals surface area contributed by atoms with Crippen LogP contribution in [-0.4, -0.2) is 32.7 Å². The molecule has 0 saturated carbocycles. The van der Waals surface area contributed by atoms with Crippen LogP contribution in [0.25, 0.3) is 6.08 Å². The first-order valence-corrected chi connectivity index (χ1v) is 12.2. The average Bonchev–Trinajstić information content (AvgIpc) is 2.96. The Hall–Kier alpha value is -1.66. The smallest absolute Gasteiger partial charge is 0.303 e. The van der Waals surface area contributed by atoms with Gasteiger partial charge in [-0.3, -0.25) is 14.5 Å². The number of thiocarbonyl (C=S) groups is 1. The molecule has 2 rings (SSSR count). The summed E-state index contributed by atoms with van der Waals surface area (Å²) in [6.07, 6.45) is 10.6. The van der Waals surface area contributed by atoms with E-state index in [4.69, 9.17) is 17.3 Å². The second kappa shape index (κ2) is 12.9. The van der Waals surface area contributed by atoms with Gasteiger partial charge in [-0.05, 0) is 36.0 Å².